The Bertz CT molecular complexity index is 453. The fourth-order valence-electron chi connectivity index (χ4n) is 1.54. The number of halogens is 1. The van der Waals surface area contributed by atoms with Crippen LogP contribution in [0.25, 0.3) is 0 Å². The van der Waals surface area contributed by atoms with Gasteiger partial charge in [-0.3, -0.25) is 9.98 Å². The minimum atomic E-state index is 0.151. The van der Waals surface area contributed by atoms with Gasteiger partial charge in [-0.25, -0.2) is 0 Å². The van der Waals surface area contributed by atoms with Crippen molar-refractivity contribution in [1.29, 1.82) is 0 Å². The van der Waals surface area contributed by atoms with Gasteiger partial charge in [-0.2, -0.15) is 0 Å². The summed E-state index contributed by atoms with van der Waals surface area (Å²) in [4.78, 5) is 8.03. The van der Waals surface area contributed by atoms with Crippen LogP contribution in [0.1, 0.15) is 31.9 Å². The molecule has 0 fully saturated rings. The average Bonchev–Trinajstić information content (AvgIpc) is 2.34. The predicted octanol–water partition coefficient (Wildman–Crippen LogP) is 3.17. The van der Waals surface area contributed by atoms with Gasteiger partial charge >= 0.3 is 0 Å². The normalized spacial score (nSPS) is 13.7. The van der Waals surface area contributed by atoms with Gasteiger partial charge < -0.3 is 5.32 Å². The molecule has 1 aromatic carbocycles. The van der Waals surface area contributed by atoms with Crippen molar-refractivity contribution < 1.29 is 0 Å². The molecule has 1 N–H and O–H groups in total. The minimum Gasteiger partial charge on any atom is -0.315 e. The molecule has 0 radical (unpaired) electrons. The lowest BCUT2D eigenvalue weighted by molar-refractivity contribution is 0.590. The summed E-state index contributed by atoms with van der Waals surface area (Å²) in [5.74, 6) is 0.714. The standard InChI is InChI=1S/C14H20ClN3/c1-14(2,3)11-8-6-10(7-9-11)12(16-4)18-13(15)17-5/h6-9H,1-5H3,(H,16,17,18). The van der Waals surface area contributed by atoms with Gasteiger partial charge in [0.25, 0.3) is 0 Å². The molecule has 0 amide bonds. The zero-order valence-corrected chi connectivity index (χ0v) is 12.3. The Morgan fingerprint density at radius 3 is 2.00 bits per heavy atom. The highest BCUT2D eigenvalue weighted by Crippen LogP contribution is 2.22. The van der Waals surface area contributed by atoms with Gasteiger partial charge in [0.1, 0.15) is 5.84 Å². The van der Waals surface area contributed by atoms with Crippen LogP contribution in [0.4, 0.5) is 0 Å². The van der Waals surface area contributed by atoms with E-state index in [2.05, 4.69) is 48.2 Å². The van der Waals surface area contributed by atoms with E-state index in [0.29, 0.717) is 11.1 Å². The molecule has 1 rings (SSSR count). The fourth-order valence-corrected chi connectivity index (χ4v) is 1.63. The highest BCUT2D eigenvalue weighted by Gasteiger charge is 2.13. The van der Waals surface area contributed by atoms with Crippen molar-refractivity contribution in [2.75, 3.05) is 14.1 Å². The smallest absolute Gasteiger partial charge is 0.196 e. The van der Waals surface area contributed by atoms with Crippen molar-refractivity contribution in [2.45, 2.75) is 26.2 Å². The molecule has 0 aromatic heterocycles. The molecule has 0 atom stereocenters. The van der Waals surface area contributed by atoms with E-state index in [1.807, 2.05) is 12.1 Å². The first-order valence-corrected chi connectivity index (χ1v) is 6.23. The molecule has 0 aliphatic carbocycles. The Morgan fingerprint density at radius 1 is 1.06 bits per heavy atom. The summed E-state index contributed by atoms with van der Waals surface area (Å²) in [6, 6.07) is 8.30. The van der Waals surface area contributed by atoms with Crippen LogP contribution < -0.4 is 5.32 Å². The summed E-state index contributed by atoms with van der Waals surface area (Å²) in [5, 5.41) is 3.29. The van der Waals surface area contributed by atoms with Gasteiger partial charge in [0, 0.05) is 19.7 Å². The molecule has 0 bridgehead atoms. The number of hydrogen-bond acceptors (Lipinski definition) is 2. The van der Waals surface area contributed by atoms with Crippen molar-refractivity contribution in [3.05, 3.63) is 35.4 Å². The molecule has 1 aromatic rings. The number of nitrogens with one attached hydrogen (secondary N) is 1. The lowest BCUT2D eigenvalue weighted by Crippen LogP contribution is -2.27. The largest absolute Gasteiger partial charge is 0.315 e. The third kappa shape index (κ3) is 3.84. The van der Waals surface area contributed by atoms with Gasteiger partial charge in [0.15, 0.2) is 5.29 Å². The third-order valence-corrected chi connectivity index (χ3v) is 2.93. The van der Waals surface area contributed by atoms with Crippen LogP contribution in [0.5, 0.6) is 0 Å². The number of rotatable bonds is 1. The van der Waals surface area contributed by atoms with E-state index < -0.39 is 0 Å². The number of nitrogens with zero attached hydrogens (tertiary/aromatic N) is 2. The lowest BCUT2D eigenvalue weighted by atomic mass is 9.86. The Hall–Kier alpha value is -1.35. The molecule has 0 aliphatic rings. The maximum Gasteiger partial charge on any atom is 0.196 e. The number of amidine groups is 2. The molecule has 98 valence electrons. The Morgan fingerprint density at radius 2 is 1.61 bits per heavy atom. The second kappa shape index (κ2) is 6.01. The zero-order chi connectivity index (χ0) is 13.8. The van der Waals surface area contributed by atoms with Crippen molar-refractivity contribution in [2.24, 2.45) is 9.98 Å². The van der Waals surface area contributed by atoms with Crippen LogP contribution in [-0.4, -0.2) is 25.2 Å². The molecule has 0 saturated heterocycles. The van der Waals surface area contributed by atoms with Gasteiger partial charge in [-0.1, -0.05) is 45.0 Å². The summed E-state index contributed by atoms with van der Waals surface area (Å²) >= 11 is 5.85. The van der Waals surface area contributed by atoms with Crippen LogP contribution in [-0.2, 0) is 5.41 Å². The molecule has 3 nitrogen and oxygen atoms in total. The van der Waals surface area contributed by atoms with Crippen LogP contribution in [0.2, 0.25) is 0 Å². The van der Waals surface area contributed by atoms with E-state index in [1.54, 1.807) is 14.1 Å². The van der Waals surface area contributed by atoms with Crippen LogP contribution in [0.15, 0.2) is 34.3 Å². The van der Waals surface area contributed by atoms with Crippen molar-refractivity contribution >= 4 is 22.7 Å². The van der Waals surface area contributed by atoms with E-state index >= 15 is 0 Å². The van der Waals surface area contributed by atoms with E-state index in [4.69, 9.17) is 11.6 Å². The molecule has 0 heterocycles. The van der Waals surface area contributed by atoms with Crippen molar-refractivity contribution in [3.8, 4) is 0 Å². The summed E-state index contributed by atoms with van der Waals surface area (Å²) in [6.45, 7) is 6.57. The molecule has 4 heteroatoms. The Labute approximate surface area is 114 Å². The summed E-state index contributed by atoms with van der Waals surface area (Å²) < 4.78 is 0. The first-order valence-electron chi connectivity index (χ1n) is 5.85. The van der Waals surface area contributed by atoms with Gasteiger partial charge in [0.2, 0.25) is 0 Å². The molecular formula is C14H20ClN3. The second-order valence-electron chi connectivity index (χ2n) is 5.04. The Balaban J connectivity index is 2.97. The zero-order valence-electron chi connectivity index (χ0n) is 11.6. The number of hydrogen-bond donors (Lipinski definition) is 1. The number of benzene rings is 1. The van der Waals surface area contributed by atoms with Gasteiger partial charge in [-0.05, 0) is 22.6 Å². The Kier molecular flexibility index (Phi) is 4.91. The maximum atomic E-state index is 5.85. The monoisotopic (exact) mass is 265 g/mol. The summed E-state index contributed by atoms with van der Waals surface area (Å²) in [6.07, 6.45) is 0. The SMILES string of the molecule is CN=C(Cl)NC(=NC)c1ccc(C(C)(C)C)cc1. The molecular weight excluding hydrogens is 246 g/mol. The van der Waals surface area contributed by atoms with E-state index in [0.717, 1.165) is 5.56 Å². The second-order valence-corrected chi connectivity index (χ2v) is 5.40. The van der Waals surface area contributed by atoms with Crippen LogP contribution in [0, 0.1) is 0 Å². The molecule has 0 spiro atoms. The average molecular weight is 266 g/mol. The quantitative estimate of drug-likeness (QED) is 0.473. The molecule has 0 unspecified atom stereocenters. The first-order chi connectivity index (χ1) is 8.38. The van der Waals surface area contributed by atoms with Crippen molar-refractivity contribution in [3.63, 3.8) is 0 Å². The predicted molar refractivity (Wildman–Crippen MR) is 80.0 cm³/mol. The topological polar surface area (TPSA) is 36.8 Å². The highest BCUT2D eigenvalue weighted by molar-refractivity contribution is 6.66. The minimum absolute atomic E-state index is 0.151. The van der Waals surface area contributed by atoms with Gasteiger partial charge in [0.05, 0.1) is 0 Å². The number of aliphatic imine (C=N–C) groups is 2. The van der Waals surface area contributed by atoms with Gasteiger partial charge in [-0.15, -0.1) is 0 Å². The lowest BCUT2D eigenvalue weighted by Gasteiger charge is -2.19. The fraction of sp³-hybridized carbons (Fsp3) is 0.429. The molecule has 0 aliphatic heterocycles. The van der Waals surface area contributed by atoms with Crippen LogP contribution >= 0.6 is 11.6 Å². The van der Waals surface area contributed by atoms with Crippen molar-refractivity contribution in [1.82, 2.24) is 5.32 Å². The molecule has 0 saturated carbocycles. The van der Waals surface area contributed by atoms with E-state index in [9.17, 15) is 0 Å². The highest BCUT2D eigenvalue weighted by atomic mass is 35.5. The van der Waals surface area contributed by atoms with E-state index in [1.165, 1.54) is 5.56 Å². The third-order valence-electron chi connectivity index (χ3n) is 2.67. The van der Waals surface area contributed by atoms with E-state index in [-0.39, 0.29) is 5.41 Å². The first kappa shape index (κ1) is 14.7. The summed E-state index contributed by atoms with van der Waals surface area (Å²) in [7, 11) is 3.35. The maximum absolute atomic E-state index is 5.85. The van der Waals surface area contributed by atoms with Crippen LogP contribution in [0.3, 0.4) is 0 Å². The summed E-state index contributed by atoms with van der Waals surface area (Å²) in [5.41, 5.74) is 2.43. The molecule has 18 heavy (non-hydrogen) atoms.